The van der Waals surface area contributed by atoms with Crippen molar-refractivity contribution in [3.63, 3.8) is 0 Å². The summed E-state index contributed by atoms with van der Waals surface area (Å²) in [6.45, 7) is 1.86. The third-order valence-electron chi connectivity index (χ3n) is 2.51. The molecule has 1 aromatic heterocycles. The quantitative estimate of drug-likeness (QED) is 0.779. The Labute approximate surface area is 87.0 Å². The number of carbonyl (C=O) groups excluding carboxylic acids is 1. The van der Waals surface area contributed by atoms with Crippen LogP contribution < -0.4 is 10.5 Å². The van der Waals surface area contributed by atoms with Gasteiger partial charge in [-0.25, -0.2) is 0 Å². The van der Waals surface area contributed by atoms with Crippen LogP contribution in [0, 0.1) is 6.92 Å². The number of H-pyrrole nitrogens is 1. The summed E-state index contributed by atoms with van der Waals surface area (Å²) < 4.78 is 5.12. The number of primary amides is 1. The van der Waals surface area contributed by atoms with E-state index >= 15 is 0 Å². The van der Waals surface area contributed by atoms with Crippen molar-refractivity contribution >= 4 is 16.8 Å². The van der Waals surface area contributed by atoms with Gasteiger partial charge in [0, 0.05) is 10.9 Å². The van der Waals surface area contributed by atoms with E-state index in [9.17, 15) is 4.79 Å². The summed E-state index contributed by atoms with van der Waals surface area (Å²) in [6, 6.07) is 5.59. The third-order valence-corrected chi connectivity index (χ3v) is 2.51. The number of aromatic amines is 1. The molecular formula is C11H12N2O2. The highest BCUT2D eigenvalue weighted by atomic mass is 16.5. The molecule has 3 N–H and O–H groups in total. The van der Waals surface area contributed by atoms with E-state index in [1.807, 2.05) is 25.1 Å². The predicted octanol–water partition coefficient (Wildman–Crippen LogP) is 1.58. The largest absolute Gasteiger partial charge is 0.497 e. The molecule has 0 fully saturated rings. The maximum absolute atomic E-state index is 11.1. The first kappa shape index (κ1) is 9.58. The first-order valence-corrected chi connectivity index (χ1v) is 4.59. The number of amides is 1. The average Bonchev–Trinajstić information content (AvgIpc) is 2.56. The molecule has 0 aliphatic carbocycles. The molecule has 1 amide bonds. The van der Waals surface area contributed by atoms with E-state index in [4.69, 9.17) is 10.5 Å². The van der Waals surface area contributed by atoms with Crippen molar-refractivity contribution in [1.29, 1.82) is 0 Å². The number of nitrogens with one attached hydrogen (secondary N) is 1. The molecule has 2 aromatic rings. The van der Waals surface area contributed by atoms with E-state index < -0.39 is 5.91 Å². The maximum Gasteiger partial charge on any atom is 0.265 e. The van der Waals surface area contributed by atoms with Crippen molar-refractivity contribution in [3.05, 3.63) is 29.5 Å². The molecule has 0 unspecified atom stereocenters. The molecule has 0 bridgehead atoms. The van der Waals surface area contributed by atoms with E-state index in [2.05, 4.69) is 4.98 Å². The third kappa shape index (κ3) is 1.44. The van der Waals surface area contributed by atoms with Crippen LogP contribution in [0.25, 0.3) is 10.9 Å². The maximum atomic E-state index is 11.1. The van der Waals surface area contributed by atoms with Crippen LogP contribution in [0.15, 0.2) is 18.2 Å². The number of hydrogen-bond acceptors (Lipinski definition) is 2. The normalized spacial score (nSPS) is 10.5. The van der Waals surface area contributed by atoms with Crippen molar-refractivity contribution in [2.24, 2.45) is 5.73 Å². The number of fused-ring (bicyclic) bond motifs is 1. The van der Waals surface area contributed by atoms with Crippen LogP contribution in [-0.2, 0) is 0 Å². The molecule has 2 rings (SSSR count). The minimum absolute atomic E-state index is 0.442. The summed E-state index contributed by atoms with van der Waals surface area (Å²) in [5.41, 5.74) is 7.45. The lowest BCUT2D eigenvalue weighted by Gasteiger charge is -1.98. The molecule has 0 atom stereocenters. The van der Waals surface area contributed by atoms with Gasteiger partial charge in [-0.15, -0.1) is 0 Å². The van der Waals surface area contributed by atoms with Gasteiger partial charge >= 0.3 is 0 Å². The molecule has 0 aliphatic heterocycles. The summed E-state index contributed by atoms with van der Waals surface area (Å²) >= 11 is 0. The van der Waals surface area contributed by atoms with E-state index in [0.29, 0.717) is 5.69 Å². The monoisotopic (exact) mass is 204 g/mol. The van der Waals surface area contributed by atoms with Gasteiger partial charge < -0.3 is 15.5 Å². The van der Waals surface area contributed by atoms with Crippen LogP contribution in [0.3, 0.4) is 0 Å². The Balaban J connectivity index is 2.72. The highest BCUT2D eigenvalue weighted by molar-refractivity contribution is 6.00. The number of hydrogen-bond donors (Lipinski definition) is 2. The lowest BCUT2D eigenvalue weighted by molar-refractivity contribution is 0.0996. The second-order valence-electron chi connectivity index (χ2n) is 3.40. The number of aromatic nitrogens is 1. The zero-order valence-corrected chi connectivity index (χ0v) is 8.63. The molecular weight excluding hydrogens is 192 g/mol. The number of carbonyl (C=O) groups is 1. The first-order valence-electron chi connectivity index (χ1n) is 4.59. The minimum Gasteiger partial charge on any atom is -0.497 e. The lowest BCUT2D eigenvalue weighted by Crippen LogP contribution is -2.12. The number of rotatable bonds is 2. The molecule has 1 aromatic carbocycles. The van der Waals surface area contributed by atoms with Gasteiger partial charge in [0.25, 0.3) is 5.91 Å². The number of ether oxygens (including phenoxy) is 1. The average molecular weight is 204 g/mol. The van der Waals surface area contributed by atoms with Crippen LogP contribution in [-0.4, -0.2) is 18.0 Å². The van der Waals surface area contributed by atoms with Gasteiger partial charge in [-0.05, 0) is 30.7 Å². The Morgan fingerprint density at radius 1 is 1.47 bits per heavy atom. The smallest absolute Gasteiger partial charge is 0.265 e. The molecule has 4 heteroatoms. The molecule has 0 spiro atoms. The van der Waals surface area contributed by atoms with Gasteiger partial charge in [0.15, 0.2) is 0 Å². The molecule has 4 nitrogen and oxygen atoms in total. The molecule has 15 heavy (non-hydrogen) atoms. The van der Waals surface area contributed by atoms with E-state index in [1.165, 1.54) is 0 Å². The minimum atomic E-state index is -0.442. The number of benzene rings is 1. The van der Waals surface area contributed by atoms with E-state index in [1.54, 1.807) is 7.11 Å². The van der Waals surface area contributed by atoms with E-state index in [0.717, 1.165) is 22.2 Å². The molecule has 0 aliphatic rings. The predicted molar refractivity (Wildman–Crippen MR) is 58.1 cm³/mol. The van der Waals surface area contributed by atoms with Gasteiger partial charge in [-0.1, -0.05) is 0 Å². The van der Waals surface area contributed by atoms with Crippen molar-refractivity contribution in [1.82, 2.24) is 4.98 Å². The molecule has 78 valence electrons. The SMILES string of the molecule is COc1ccc2[nH]c(C(N)=O)c(C)c2c1. The standard InChI is InChI=1S/C11H12N2O2/c1-6-8-5-7(15-2)3-4-9(8)13-10(6)11(12)14/h3-5,13H,1-2H3,(H2,12,14). The summed E-state index contributed by atoms with van der Waals surface area (Å²) in [4.78, 5) is 14.1. The second kappa shape index (κ2) is 3.31. The Morgan fingerprint density at radius 2 is 2.20 bits per heavy atom. The van der Waals surface area contributed by atoms with Gasteiger partial charge in [-0.2, -0.15) is 0 Å². The topological polar surface area (TPSA) is 68.1 Å². The molecule has 0 saturated heterocycles. The Bertz CT molecular complexity index is 529. The fraction of sp³-hybridized carbons (Fsp3) is 0.182. The fourth-order valence-electron chi connectivity index (χ4n) is 1.68. The number of aryl methyl sites for hydroxylation is 1. The van der Waals surface area contributed by atoms with Crippen molar-refractivity contribution in [2.75, 3.05) is 7.11 Å². The summed E-state index contributed by atoms with van der Waals surface area (Å²) in [5, 5.41) is 0.961. The van der Waals surface area contributed by atoms with Crippen molar-refractivity contribution in [3.8, 4) is 5.75 Å². The zero-order chi connectivity index (χ0) is 11.0. The molecule has 0 radical (unpaired) electrons. The van der Waals surface area contributed by atoms with Crippen LogP contribution in [0.1, 0.15) is 16.1 Å². The second-order valence-corrected chi connectivity index (χ2v) is 3.40. The summed E-state index contributed by atoms with van der Waals surface area (Å²) in [7, 11) is 1.61. The summed E-state index contributed by atoms with van der Waals surface area (Å²) in [5.74, 6) is 0.322. The Morgan fingerprint density at radius 3 is 2.80 bits per heavy atom. The van der Waals surface area contributed by atoms with Gasteiger partial charge in [0.1, 0.15) is 11.4 Å². The fourth-order valence-corrected chi connectivity index (χ4v) is 1.68. The number of methoxy groups -OCH3 is 1. The van der Waals surface area contributed by atoms with Crippen LogP contribution in [0.5, 0.6) is 5.75 Å². The first-order chi connectivity index (χ1) is 7.13. The van der Waals surface area contributed by atoms with E-state index in [-0.39, 0.29) is 0 Å². The lowest BCUT2D eigenvalue weighted by atomic mass is 10.1. The molecule has 0 saturated carbocycles. The number of nitrogens with two attached hydrogens (primary N) is 1. The zero-order valence-electron chi connectivity index (χ0n) is 8.63. The summed E-state index contributed by atoms with van der Waals surface area (Å²) in [6.07, 6.45) is 0. The van der Waals surface area contributed by atoms with Gasteiger partial charge in [0.2, 0.25) is 0 Å². The van der Waals surface area contributed by atoms with Crippen LogP contribution in [0.2, 0.25) is 0 Å². The van der Waals surface area contributed by atoms with Crippen LogP contribution in [0.4, 0.5) is 0 Å². The van der Waals surface area contributed by atoms with Gasteiger partial charge in [0.05, 0.1) is 7.11 Å². The van der Waals surface area contributed by atoms with Crippen LogP contribution >= 0.6 is 0 Å². The van der Waals surface area contributed by atoms with Gasteiger partial charge in [-0.3, -0.25) is 4.79 Å². The Hall–Kier alpha value is -1.97. The highest BCUT2D eigenvalue weighted by Gasteiger charge is 2.11. The molecule has 1 heterocycles. The van der Waals surface area contributed by atoms with Crippen molar-refractivity contribution in [2.45, 2.75) is 6.92 Å². The van der Waals surface area contributed by atoms with Crippen molar-refractivity contribution < 1.29 is 9.53 Å². The Kier molecular flexibility index (Phi) is 2.11. The highest BCUT2D eigenvalue weighted by Crippen LogP contribution is 2.25.